The highest BCUT2D eigenvalue weighted by molar-refractivity contribution is 6.04. The van der Waals surface area contributed by atoms with Crippen LogP contribution >= 0.6 is 0 Å². The first-order chi connectivity index (χ1) is 15.4. The number of anilines is 1. The van der Waals surface area contributed by atoms with Crippen LogP contribution in [0.25, 0.3) is 0 Å². The van der Waals surface area contributed by atoms with Crippen molar-refractivity contribution in [3.8, 4) is 23.3 Å². The number of rotatable bonds is 7. The van der Waals surface area contributed by atoms with E-state index in [1.54, 1.807) is 50.3 Å². The molecule has 0 fully saturated rings. The molecule has 0 aliphatic rings. The Hall–Kier alpha value is -3.76. The smallest absolute Gasteiger partial charge is 0.257 e. The molecular weight excluding hydrogens is 406 g/mol. The Bertz CT molecular complexity index is 1160. The lowest BCUT2D eigenvalue weighted by molar-refractivity contribution is 0.0917. The standard InChI is InChI=1S/C25H27N3O4/c1-17-12-22(31-5)9-8-20(17)7-6-19-13-21(15-23(14-19)32-18(2)16-30-4)25(29)26-24-10-11-28(3)27-24/h8-15,18H,16H2,1-5H3,(H,26,27,29)/t18-/m0/s1. The maximum atomic E-state index is 12.8. The van der Waals surface area contributed by atoms with Crippen LogP contribution in [0.5, 0.6) is 11.5 Å². The largest absolute Gasteiger partial charge is 0.497 e. The van der Waals surface area contributed by atoms with Gasteiger partial charge in [0, 0.05) is 43.1 Å². The number of nitrogens with zero attached hydrogens (tertiary/aromatic N) is 2. The van der Waals surface area contributed by atoms with E-state index in [0.29, 0.717) is 29.3 Å². The molecule has 7 nitrogen and oxygen atoms in total. The van der Waals surface area contributed by atoms with Gasteiger partial charge in [-0.05, 0) is 55.8 Å². The van der Waals surface area contributed by atoms with Gasteiger partial charge in [0.2, 0.25) is 0 Å². The highest BCUT2D eigenvalue weighted by Gasteiger charge is 2.13. The topological polar surface area (TPSA) is 74.6 Å². The zero-order valence-corrected chi connectivity index (χ0v) is 18.9. The summed E-state index contributed by atoms with van der Waals surface area (Å²) in [4.78, 5) is 12.8. The van der Waals surface area contributed by atoms with E-state index in [0.717, 1.165) is 16.9 Å². The number of aryl methyl sites for hydroxylation is 2. The number of aromatic nitrogens is 2. The second-order valence-corrected chi connectivity index (χ2v) is 7.39. The number of benzene rings is 2. The predicted octanol–water partition coefficient (Wildman–Crippen LogP) is 3.80. The molecule has 0 bridgehead atoms. The summed E-state index contributed by atoms with van der Waals surface area (Å²) >= 11 is 0. The molecule has 0 unspecified atom stereocenters. The van der Waals surface area contributed by atoms with Gasteiger partial charge in [0.05, 0.1) is 13.7 Å². The number of methoxy groups -OCH3 is 2. The summed E-state index contributed by atoms with van der Waals surface area (Å²) in [5, 5.41) is 6.99. The van der Waals surface area contributed by atoms with Gasteiger partial charge in [0.15, 0.2) is 5.82 Å². The highest BCUT2D eigenvalue weighted by Crippen LogP contribution is 2.21. The van der Waals surface area contributed by atoms with Crippen LogP contribution in [0.1, 0.15) is 34.0 Å². The van der Waals surface area contributed by atoms with Crippen LogP contribution in [0.4, 0.5) is 5.82 Å². The van der Waals surface area contributed by atoms with E-state index in [-0.39, 0.29) is 12.0 Å². The van der Waals surface area contributed by atoms with E-state index in [9.17, 15) is 4.79 Å². The van der Waals surface area contributed by atoms with Gasteiger partial charge in [-0.15, -0.1) is 0 Å². The molecule has 166 valence electrons. The average Bonchev–Trinajstić information content (AvgIpc) is 3.17. The van der Waals surface area contributed by atoms with Crippen molar-refractivity contribution in [3.05, 3.63) is 70.9 Å². The minimum atomic E-state index is -0.294. The lowest BCUT2D eigenvalue weighted by Gasteiger charge is -2.15. The van der Waals surface area contributed by atoms with Crippen LogP contribution < -0.4 is 14.8 Å². The molecule has 32 heavy (non-hydrogen) atoms. The Morgan fingerprint density at radius 2 is 1.94 bits per heavy atom. The number of carbonyl (C=O) groups excluding carboxylic acids is 1. The fourth-order valence-corrected chi connectivity index (χ4v) is 3.08. The summed E-state index contributed by atoms with van der Waals surface area (Å²) < 4.78 is 18.0. The summed E-state index contributed by atoms with van der Waals surface area (Å²) in [6.45, 7) is 4.30. The Kier molecular flexibility index (Phi) is 7.53. The van der Waals surface area contributed by atoms with Gasteiger partial charge in [0.1, 0.15) is 17.6 Å². The second-order valence-electron chi connectivity index (χ2n) is 7.39. The third-order valence-corrected chi connectivity index (χ3v) is 4.64. The Labute approximate surface area is 188 Å². The van der Waals surface area contributed by atoms with E-state index >= 15 is 0 Å². The van der Waals surface area contributed by atoms with Gasteiger partial charge >= 0.3 is 0 Å². The zero-order chi connectivity index (χ0) is 23.1. The van der Waals surface area contributed by atoms with E-state index in [1.807, 2.05) is 38.1 Å². The number of hydrogen-bond acceptors (Lipinski definition) is 5. The van der Waals surface area contributed by atoms with E-state index in [4.69, 9.17) is 14.2 Å². The monoisotopic (exact) mass is 433 g/mol. The minimum absolute atomic E-state index is 0.182. The fraction of sp³-hybridized carbons (Fsp3) is 0.280. The maximum absolute atomic E-state index is 12.8. The van der Waals surface area contributed by atoms with Gasteiger partial charge in [-0.1, -0.05) is 11.8 Å². The average molecular weight is 434 g/mol. The van der Waals surface area contributed by atoms with Crippen molar-refractivity contribution in [2.24, 2.45) is 7.05 Å². The van der Waals surface area contributed by atoms with Crippen molar-refractivity contribution in [2.75, 3.05) is 26.1 Å². The molecule has 0 aliphatic heterocycles. The first-order valence-electron chi connectivity index (χ1n) is 10.2. The molecule has 3 aromatic rings. The summed E-state index contributed by atoms with van der Waals surface area (Å²) in [6.07, 6.45) is 1.58. The van der Waals surface area contributed by atoms with Gasteiger partial charge in [-0.2, -0.15) is 5.10 Å². The molecule has 1 heterocycles. The van der Waals surface area contributed by atoms with E-state index in [1.165, 1.54) is 0 Å². The van der Waals surface area contributed by atoms with Gasteiger partial charge in [-0.25, -0.2) is 0 Å². The van der Waals surface area contributed by atoms with Gasteiger partial charge in [-0.3, -0.25) is 9.48 Å². The van der Waals surface area contributed by atoms with E-state index in [2.05, 4.69) is 22.3 Å². The summed E-state index contributed by atoms with van der Waals surface area (Å²) in [5.74, 6) is 7.82. The van der Waals surface area contributed by atoms with Crippen LogP contribution in [0, 0.1) is 18.8 Å². The Morgan fingerprint density at radius 1 is 1.12 bits per heavy atom. The molecule has 3 rings (SSSR count). The molecule has 1 N–H and O–H groups in total. The number of nitrogens with one attached hydrogen (secondary N) is 1. The molecule has 1 amide bonds. The molecule has 0 aliphatic carbocycles. The van der Waals surface area contributed by atoms with Crippen LogP contribution in [-0.4, -0.2) is 42.6 Å². The Balaban J connectivity index is 1.92. The molecule has 7 heteroatoms. The van der Waals surface area contributed by atoms with Gasteiger partial charge in [0.25, 0.3) is 5.91 Å². The van der Waals surface area contributed by atoms with Crippen LogP contribution in [0.2, 0.25) is 0 Å². The van der Waals surface area contributed by atoms with Crippen molar-refractivity contribution >= 4 is 11.7 Å². The van der Waals surface area contributed by atoms with Crippen molar-refractivity contribution < 1.29 is 19.0 Å². The first kappa shape index (κ1) is 22.9. The van der Waals surface area contributed by atoms with Crippen molar-refractivity contribution in [2.45, 2.75) is 20.0 Å². The molecule has 1 atom stereocenters. The lowest BCUT2D eigenvalue weighted by atomic mass is 10.1. The van der Waals surface area contributed by atoms with Crippen LogP contribution in [0.15, 0.2) is 48.7 Å². The zero-order valence-electron chi connectivity index (χ0n) is 18.9. The fourth-order valence-electron chi connectivity index (χ4n) is 3.08. The quantitative estimate of drug-likeness (QED) is 0.574. The number of hydrogen-bond donors (Lipinski definition) is 1. The second kappa shape index (κ2) is 10.5. The first-order valence-corrected chi connectivity index (χ1v) is 10.2. The normalized spacial score (nSPS) is 11.3. The molecular formula is C25H27N3O4. The predicted molar refractivity (Wildman–Crippen MR) is 123 cm³/mol. The molecule has 2 aromatic carbocycles. The maximum Gasteiger partial charge on any atom is 0.257 e. The van der Waals surface area contributed by atoms with Crippen molar-refractivity contribution in [3.63, 3.8) is 0 Å². The molecule has 0 radical (unpaired) electrons. The number of carbonyl (C=O) groups is 1. The van der Waals surface area contributed by atoms with E-state index < -0.39 is 0 Å². The van der Waals surface area contributed by atoms with Crippen LogP contribution in [0.3, 0.4) is 0 Å². The third-order valence-electron chi connectivity index (χ3n) is 4.64. The molecule has 0 spiro atoms. The molecule has 0 saturated carbocycles. The minimum Gasteiger partial charge on any atom is -0.497 e. The number of ether oxygens (including phenoxy) is 3. The third kappa shape index (κ3) is 6.13. The molecule has 1 aromatic heterocycles. The lowest BCUT2D eigenvalue weighted by Crippen LogP contribution is -2.19. The highest BCUT2D eigenvalue weighted by atomic mass is 16.5. The Morgan fingerprint density at radius 3 is 2.59 bits per heavy atom. The SMILES string of the molecule is COC[C@H](C)Oc1cc(C#Cc2ccc(OC)cc2C)cc(C(=O)Nc2ccn(C)n2)c1. The van der Waals surface area contributed by atoms with Crippen molar-refractivity contribution in [1.82, 2.24) is 9.78 Å². The van der Waals surface area contributed by atoms with Crippen LogP contribution in [-0.2, 0) is 11.8 Å². The summed E-state index contributed by atoms with van der Waals surface area (Å²) in [5.41, 5.74) is 2.97. The summed E-state index contributed by atoms with van der Waals surface area (Å²) in [7, 11) is 5.04. The van der Waals surface area contributed by atoms with Gasteiger partial charge < -0.3 is 19.5 Å². The summed E-state index contributed by atoms with van der Waals surface area (Å²) in [6, 6.07) is 12.7. The van der Waals surface area contributed by atoms with Crippen molar-refractivity contribution in [1.29, 1.82) is 0 Å². The molecule has 0 saturated heterocycles. The number of amides is 1.